The van der Waals surface area contributed by atoms with Crippen LogP contribution in [0.4, 0.5) is 17.7 Å². The van der Waals surface area contributed by atoms with E-state index in [0.717, 1.165) is 12.1 Å². The summed E-state index contributed by atoms with van der Waals surface area (Å²) in [4.78, 5) is 27.4. The molecule has 0 unspecified atom stereocenters. The predicted molar refractivity (Wildman–Crippen MR) is 88.9 cm³/mol. The van der Waals surface area contributed by atoms with Gasteiger partial charge in [0.1, 0.15) is 5.60 Å². The quantitative estimate of drug-likeness (QED) is 0.764. The van der Waals surface area contributed by atoms with Gasteiger partial charge in [0.2, 0.25) is 0 Å². The Labute approximate surface area is 144 Å². The van der Waals surface area contributed by atoms with Gasteiger partial charge in [0.05, 0.1) is 0 Å². The molecule has 0 bridgehead atoms. The van der Waals surface area contributed by atoms with Crippen LogP contribution in [0.1, 0.15) is 31.1 Å². The standard InChI is InChI=1S/C16H21BF3N2O3/c1-16(2,3)25-15(24)22-10-8-21(9-11-22)14(23)12-4-6-13(7-5-12)17(18,19)20/h4-7H,8-11H2,1-3H3/q-1. The van der Waals surface area contributed by atoms with Crippen molar-refractivity contribution in [1.82, 2.24) is 9.80 Å². The van der Waals surface area contributed by atoms with Gasteiger partial charge in [-0.3, -0.25) is 4.79 Å². The highest BCUT2D eigenvalue weighted by atomic mass is 19.4. The highest BCUT2D eigenvalue weighted by Gasteiger charge is 2.29. The maximum atomic E-state index is 12.6. The van der Waals surface area contributed by atoms with Gasteiger partial charge in [0.15, 0.2) is 0 Å². The predicted octanol–water partition coefficient (Wildman–Crippen LogP) is 2.43. The maximum absolute atomic E-state index is 12.6. The second kappa shape index (κ2) is 6.97. The number of benzene rings is 1. The summed E-state index contributed by atoms with van der Waals surface area (Å²) in [5, 5.41) is 0. The van der Waals surface area contributed by atoms with Gasteiger partial charge in [-0.2, -0.15) is 0 Å². The van der Waals surface area contributed by atoms with Crippen LogP contribution in [0.5, 0.6) is 0 Å². The van der Waals surface area contributed by atoms with Crippen LogP contribution < -0.4 is 5.46 Å². The topological polar surface area (TPSA) is 49.9 Å². The third-order valence-corrected chi connectivity index (χ3v) is 3.75. The molecule has 0 atom stereocenters. The first kappa shape index (κ1) is 19.1. The number of hydrogen-bond donors (Lipinski definition) is 0. The largest absolute Gasteiger partial charge is 0.509 e. The minimum atomic E-state index is -5.07. The minimum Gasteiger partial charge on any atom is -0.445 e. The molecule has 25 heavy (non-hydrogen) atoms. The van der Waals surface area contributed by atoms with Crippen molar-refractivity contribution in [3.05, 3.63) is 29.8 Å². The average molecular weight is 357 g/mol. The van der Waals surface area contributed by atoms with Crippen molar-refractivity contribution in [2.75, 3.05) is 26.2 Å². The van der Waals surface area contributed by atoms with E-state index in [9.17, 15) is 22.5 Å². The molecule has 2 rings (SSSR count). The van der Waals surface area contributed by atoms with Crippen LogP contribution in [0.15, 0.2) is 24.3 Å². The Hall–Kier alpha value is -2.19. The summed E-state index contributed by atoms with van der Waals surface area (Å²) in [6.45, 7) is 1.52. The molecule has 0 aliphatic carbocycles. The summed E-state index contributed by atoms with van der Waals surface area (Å²) >= 11 is 0. The van der Waals surface area contributed by atoms with Crippen molar-refractivity contribution in [3.63, 3.8) is 0 Å². The van der Waals surface area contributed by atoms with Crippen LogP contribution >= 0.6 is 0 Å². The van der Waals surface area contributed by atoms with Gasteiger partial charge in [0, 0.05) is 31.7 Å². The Balaban J connectivity index is 1.94. The number of carbonyl (C=O) groups excluding carboxylic acids is 2. The van der Waals surface area contributed by atoms with Crippen LogP contribution in [-0.2, 0) is 4.74 Å². The molecule has 0 saturated carbocycles. The number of amides is 2. The number of piperazine rings is 1. The van der Waals surface area contributed by atoms with E-state index in [0.29, 0.717) is 26.2 Å². The normalized spacial score (nSPS) is 15.9. The number of halogens is 3. The fourth-order valence-electron chi connectivity index (χ4n) is 2.45. The minimum absolute atomic E-state index is 0.203. The number of ether oxygens (including phenoxy) is 1. The Kier molecular flexibility index (Phi) is 5.34. The fraction of sp³-hybridized carbons (Fsp3) is 0.500. The molecule has 1 heterocycles. The molecule has 9 heteroatoms. The van der Waals surface area contributed by atoms with Gasteiger partial charge in [-0.25, -0.2) is 4.79 Å². The molecule has 0 N–H and O–H groups in total. The highest BCUT2D eigenvalue weighted by Crippen LogP contribution is 2.14. The van der Waals surface area contributed by atoms with Crippen molar-refractivity contribution in [2.45, 2.75) is 26.4 Å². The molecule has 5 nitrogen and oxygen atoms in total. The summed E-state index contributed by atoms with van der Waals surface area (Å²) in [6.07, 6.45) is -0.434. The summed E-state index contributed by atoms with van der Waals surface area (Å²) in [6, 6.07) is 4.22. The molecule has 0 aromatic heterocycles. The molecule has 1 aromatic rings. The van der Waals surface area contributed by atoms with Crippen LogP contribution in [0.25, 0.3) is 0 Å². The van der Waals surface area contributed by atoms with Crippen LogP contribution in [0.3, 0.4) is 0 Å². The Bertz CT molecular complexity index is 634. The number of hydrogen-bond acceptors (Lipinski definition) is 3. The zero-order chi connectivity index (χ0) is 18.8. The second-order valence-electron chi connectivity index (χ2n) is 6.96. The van der Waals surface area contributed by atoms with Gasteiger partial charge >= 0.3 is 13.1 Å². The summed E-state index contributed by atoms with van der Waals surface area (Å²) < 4.78 is 43.2. The zero-order valence-corrected chi connectivity index (χ0v) is 14.5. The first-order chi connectivity index (χ1) is 11.5. The lowest BCUT2D eigenvalue weighted by atomic mass is 9.80. The highest BCUT2D eigenvalue weighted by molar-refractivity contribution is 6.73. The summed E-state index contributed by atoms with van der Waals surface area (Å²) in [5.74, 6) is -0.343. The molecule has 0 spiro atoms. The van der Waals surface area contributed by atoms with Crippen molar-refractivity contribution in [3.8, 4) is 0 Å². The van der Waals surface area contributed by atoms with E-state index < -0.39 is 24.1 Å². The van der Waals surface area contributed by atoms with E-state index in [1.807, 2.05) is 0 Å². The van der Waals surface area contributed by atoms with Crippen molar-refractivity contribution < 1.29 is 27.3 Å². The van der Waals surface area contributed by atoms with Gasteiger partial charge < -0.3 is 27.5 Å². The number of carbonyl (C=O) groups is 2. The Morgan fingerprint density at radius 2 is 1.44 bits per heavy atom. The molecular formula is C16H21BF3N2O3-. The molecule has 1 fully saturated rings. The summed E-state index contributed by atoms with van der Waals surface area (Å²) in [5.41, 5.74) is -1.12. The lowest BCUT2D eigenvalue weighted by Gasteiger charge is -2.35. The summed E-state index contributed by atoms with van der Waals surface area (Å²) in [7, 11) is 0. The third-order valence-electron chi connectivity index (χ3n) is 3.75. The molecule has 138 valence electrons. The molecule has 0 radical (unpaired) electrons. The van der Waals surface area contributed by atoms with Gasteiger partial charge in [-0.05, 0) is 20.8 Å². The van der Waals surface area contributed by atoms with Crippen molar-refractivity contribution in [2.24, 2.45) is 0 Å². The molecule has 1 saturated heterocycles. The number of rotatable bonds is 2. The first-order valence-electron chi connectivity index (χ1n) is 8.04. The van der Waals surface area contributed by atoms with Crippen LogP contribution in [0, 0.1) is 0 Å². The average Bonchev–Trinajstić information content (AvgIpc) is 2.52. The third kappa shape index (κ3) is 5.14. The van der Waals surface area contributed by atoms with Crippen molar-refractivity contribution in [1.29, 1.82) is 0 Å². The van der Waals surface area contributed by atoms with E-state index in [1.54, 1.807) is 20.8 Å². The van der Waals surface area contributed by atoms with E-state index >= 15 is 0 Å². The van der Waals surface area contributed by atoms with Crippen LogP contribution in [-0.4, -0.2) is 60.6 Å². The Morgan fingerprint density at radius 3 is 1.88 bits per heavy atom. The van der Waals surface area contributed by atoms with Gasteiger partial charge in [0.25, 0.3) is 5.91 Å². The fourth-order valence-corrected chi connectivity index (χ4v) is 2.45. The van der Waals surface area contributed by atoms with E-state index in [-0.39, 0.29) is 11.5 Å². The van der Waals surface area contributed by atoms with E-state index in [4.69, 9.17) is 4.74 Å². The molecular weight excluding hydrogens is 336 g/mol. The number of nitrogens with zero attached hydrogens (tertiary/aromatic N) is 2. The first-order valence-corrected chi connectivity index (χ1v) is 8.04. The SMILES string of the molecule is CC(C)(C)OC(=O)N1CCN(C(=O)c2ccc([B-](F)(F)F)cc2)CC1. The van der Waals surface area contributed by atoms with Crippen molar-refractivity contribution >= 4 is 24.4 Å². The van der Waals surface area contributed by atoms with Gasteiger partial charge in [-0.15, -0.1) is 5.46 Å². The zero-order valence-electron chi connectivity index (χ0n) is 14.5. The van der Waals surface area contributed by atoms with E-state index in [1.165, 1.54) is 21.9 Å². The lowest BCUT2D eigenvalue weighted by Crippen LogP contribution is -2.51. The van der Waals surface area contributed by atoms with Gasteiger partial charge in [-0.1, -0.05) is 24.3 Å². The molecule has 2 amide bonds. The smallest absolute Gasteiger partial charge is 0.445 e. The molecule has 1 aromatic carbocycles. The lowest BCUT2D eigenvalue weighted by molar-refractivity contribution is 0.0141. The Morgan fingerprint density at radius 1 is 0.960 bits per heavy atom. The maximum Gasteiger partial charge on any atom is 0.509 e. The molecule has 1 aliphatic heterocycles. The monoisotopic (exact) mass is 357 g/mol. The molecule has 1 aliphatic rings. The second-order valence-corrected chi connectivity index (χ2v) is 6.96. The van der Waals surface area contributed by atoms with E-state index in [2.05, 4.69) is 0 Å². The van der Waals surface area contributed by atoms with Crippen LogP contribution in [0.2, 0.25) is 0 Å².